The number of aryl methyl sites for hydroxylation is 1. The van der Waals surface area contributed by atoms with E-state index in [2.05, 4.69) is 0 Å². The van der Waals surface area contributed by atoms with Crippen molar-refractivity contribution in [1.29, 1.82) is 0 Å². The summed E-state index contributed by atoms with van der Waals surface area (Å²) in [7, 11) is 0. The molecule has 0 N–H and O–H groups in total. The van der Waals surface area contributed by atoms with Gasteiger partial charge in [-0.25, -0.2) is 4.79 Å². The van der Waals surface area contributed by atoms with Gasteiger partial charge in [-0.3, -0.25) is 10.1 Å². The normalized spacial score (nSPS) is 10.1. The zero-order valence-electron chi connectivity index (χ0n) is 10.9. The summed E-state index contributed by atoms with van der Waals surface area (Å²) in [6.45, 7) is 2.05. The molecule has 2 aromatic rings. The highest BCUT2D eigenvalue weighted by molar-refractivity contribution is 5.93. The van der Waals surface area contributed by atoms with Gasteiger partial charge in [0.1, 0.15) is 12.2 Å². The van der Waals surface area contributed by atoms with E-state index in [1.165, 1.54) is 18.2 Å². The molecular weight excluding hydrogens is 258 g/mol. The molecule has 0 atom stereocenters. The molecule has 0 saturated heterocycles. The number of nitro benzene ring substituents is 1. The van der Waals surface area contributed by atoms with Crippen molar-refractivity contribution in [3.8, 4) is 0 Å². The van der Waals surface area contributed by atoms with Crippen LogP contribution >= 0.6 is 0 Å². The van der Waals surface area contributed by atoms with Crippen LogP contribution in [-0.2, 0) is 11.3 Å². The fraction of sp³-hybridized carbons (Fsp3) is 0.133. The van der Waals surface area contributed by atoms with Crippen LogP contribution in [0.2, 0.25) is 0 Å². The molecule has 0 spiro atoms. The Morgan fingerprint density at radius 3 is 2.45 bits per heavy atom. The van der Waals surface area contributed by atoms with Crippen molar-refractivity contribution in [3.63, 3.8) is 0 Å². The molecule has 0 aromatic heterocycles. The van der Waals surface area contributed by atoms with E-state index in [4.69, 9.17) is 4.74 Å². The number of carbonyl (C=O) groups is 1. The van der Waals surface area contributed by atoms with E-state index in [0.717, 1.165) is 11.1 Å². The minimum absolute atomic E-state index is 0.0374. The van der Waals surface area contributed by atoms with Crippen LogP contribution < -0.4 is 0 Å². The monoisotopic (exact) mass is 271 g/mol. The molecule has 2 aromatic carbocycles. The molecule has 0 heterocycles. The van der Waals surface area contributed by atoms with E-state index in [1.807, 2.05) is 31.2 Å². The van der Waals surface area contributed by atoms with Crippen molar-refractivity contribution >= 4 is 11.7 Å². The van der Waals surface area contributed by atoms with E-state index in [1.54, 1.807) is 6.07 Å². The summed E-state index contributed by atoms with van der Waals surface area (Å²) in [5, 5.41) is 10.8. The second kappa shape index (κ2) is 5.97. The maximum absolute atomic E-state index is 11.9. The van der Waals surface area contributed by atoms with Crippen LogP contribution in [0.1, 0.15) is 21.5 Å². The second-order valence-corrected chi connectivity index (χ2v) is 4.34. The van der Waals surface area contributed by atoms with Crippen molar-refractivity contribution in [3.05, 3.63) is 75.3 Å². The minimum atomic E-state index is -0.696. The van der Waals surface area contributed by atoms with Crippen molar-refractivity contribution < 1.29 is 14.5 Å². The number of carbonyl (C=O) groups excluding carboxylic acids is 1. The van der Waals surface area contributed by atoms with Crippen LogP contribution in [-0.4, -0.2) is 10.9 Å². The number of ether oxygens (including phenoxy) is 1. The molecule has 102 valence electrons. The number of nitro groups is 1. The number of nitrogens with zero attached hydrogens (tertiary/aromatic N) is 1. The Bertz CT molecular complexity index is 635. The summed E-state index contributed by atoms with van der Waals surface area (Å²) in [6, 6.07) is 13.3. The maximum atomic E-state index is 11.9. The van der Waals surface area contributed by atoms with Crippen LogP contribution in [0.15, 0.2) is 48.5 Å². The van der Waals surface area contributed by atoms with Gasteiger partial charge in [0.25, 0.3) is 5.69 Å². The number of rotatable bonds is 4. The van der Waals surface area contributed by atoms with Gasteiger partial charge in [-0.2, -0.15) is 0 Å². The molecule has 2 rings (SSSR count). The van der Waals surface area contributed by atoms with E-state index in [0.29, 0.717) is 0 Å². The topological polar surface area (TPSA) is 69.4 Å². The molecule has 0 aliphatic heterocycles. The van der Waals surface area contributed by atoms with Gasteiger partial charge in [-0.15, -0.1) is 0 Å². The predicted molar refractivity (Wildman–Crippen MR) is 73.4 cm³/mol. The number of esters is 1. The third-order valence-corrected chi connectivity index (χ3v) is 2.81. The molecule has 5 nitrogen and oxygen atoms in total. The average molecular weight is 271 g/mol. The Morgan fingerprint density at radius 2 is 1.80 bits per heavy atom. The van der Waals surface area contributed by atoms with E-state index in [-0.39, 0.29) is 17.9 Å². The van der Waals surface area contributed by atoms with E-state index < -0.39 is 10.9 Å². The lowest BCUT2D eigenvalue weighted by atomic mass is 10.1. The van der Waals surface area contributed by atoms with E-state index >= 15 is 0 Å². The van der Waals surface area contributed by atoms with Gasteiger partial charge in [0.2, 0.25) is 0 Å². The Hall–Kier alpha value is -2.69. The van der Waals surface area contributed by atoms with Crippen LogP contribution in [0.5, 0.6) is 0 Å². The van der Waals surface area contributed by atoms with Crippen LogP contribution in [0, 0.1) is 17.0 Å². The van der Waals surface area contributed by atoms with Crippen molar-refractivity contribution in [2.75, 3.05) is 0 Å². The van der Waals surface area contributed by atoms with Gasteiger partial charge in [0.15, 0.2) is 0 Å². The van der Waals surface area contributed by atoms with Gasteiger partial charge < -0.3 is 4.74 Å². The summed E-state index contributed by atoms with van der Waals surface area (Å²) in [4.78, 5) is 22.1. The highest BCUT2D eigenvalue weighted by Gasteiger charge is 2.20. The summed E-state index contributed by atoms with van der Waals surface area (Å²) >= 11 is 0. The molecule has 0 radical (unpaired) electrons. The molecule has 0 aliphatic carbocycles. The smallest absolute Gasteiger partial charge is 0.345 e. The molecule has 0 saturated carbocycles. The lowest BCUT2D eigenvalue weighted by molar-refractivity contribution is -0.385. The van der Waals surface area contributed by atoms with Gasteiger partial charge in [-0.1, -0.05) is 42.0 Å². The molecule has 0 amide bonds. The second-order valence-electron chi connectivity index (χ2n) is 4.34. The number of para-hydroxylation sites is 1. The van der Waals surface area contributed by atoms with Crippen molar-refractivity contribution in [1.82, 2.24) is 0 Å². The molecule has 5 heteroatoms. The lowest BCUT2D eigenvalue weighted by Crippen LogP contribution is -2.08. The first-order chi connectivity index (χ1) is 9.58. The standard InChI is InChI=1S/C15H13NO4/c1-11-6-8-12(9-7-11)10-20-15(17)13-4-2-3-5-14(13)16(18)19/h2-9H,10H2,1H3. The maximum Gasteiger partial charge on any atom is 0.345 e. The fourth-order valence-corrected chi connectivity index (χ4v) is 1.72. The highest BCUT2D eigenvalue weighted by Crippen LogP contribution is 2.19. The van der Waals surface area contributed by atoms with Crippen molar-refractivity contribution in [2.24, 2.45) is 0 Å². The first-order valence-electron chi connectivity index (χ1n) is 6.04. The third kappa shape index (κ3) is 3.20. The summed E-state index contributed by atoms with van der Waals surface area (Å²) in [5.74, 6) is -0.696. The minimum Gasteiger partial charge on any atom is -0.457 e. The number of hydrogen-bond acceptors (Lipinski definition) is 4. The van der Waals surface area contributed by atoms with Gasteiger partial charge in [-0.05, 0) is 18.6 Å². The summed E-state index contributed by atoms with van der Waals surface area (Å²) in [6.07, 6.45) is 0. The summed E-state index contributed by atoms with van der Waals surface area (Å²) in [5.41, 5.74) is 1.66. The van der Waals surface area contributed by atoms with Crippen molar-refractivity contribution in [2.45, 2.75) is 13.5 Å². The molecular formula is C15H13NO4. The number of hydrogen-bond donors (Lipinski definition) is 0. The zero-order valence-corrected chi connectivity index (χ0v) is 10.9. The average Bonchev–Trinajstić information content (AvgIpc) is 2.46. The predicted octanol–water partition coefficient (Wildman–Crippen LogP) is 3.26. The Labute approximate surface area is 116 Å². The van der Waals surface area contributed by atoms with Gasteiger partial charge in [0.05, 0.1) is 4.92 Å². The lowest BCUT2D eigenvalue weighted by Gasteiger charge is -2.05. The first kappa shape index (κ1) is 13.7. The molecule has 0 unspecified atom stereocenters. The van der Waals surface area contributed by atoms with Gasteiger partial charge in [0, 0.05) is 6.07 Å². The Morgan fingerprint density at radius 1 is 1.15 bits per heavy atom. The zero-order chi connectivity index (χ0) is 14.5. The quantitative estimate of drug-likeness (QED) is 0.486. The molecule has 0 aliphatic rings. The van der Waals surface area contributed by atoms with Gasteiger partial charge >= 0.3 is 5.97 Å². The van der Waals surface area contributed by atoms with Crippen LogP contribution in [0.4, 0.5) is 5.69 Å². The van der Waals surface area contributed by atoms with Crippen LogP contribution in [0.3, 0.4) is 0 Å². The largest absolute Gasteiger partial charge is 0.457 e. The fourth-order valence-electron chi connectivity index (χ4n) is 1.72. The third-order valence-electron chi connectivity index (χ3n) is 2.81. The summed E-state index contributed by atoms with van der Waals surface area (Å²) < 4.78 is 5.10. The van der Waals surface area contributed by atoms with E-state index in [9.17, 15) is 14.9 Å². The Kier molecular flexibility index (Phi) is 4.10. The first-order valence-corrected chi connectivity index (χ1v) is 6.04. The molecule has 0 bridgehead atoms. The molecule has 0 fully saturated rings. The van der Waals surface area contributed by atoms with Crippen LogP contribution in [0.25, 0.3) is 0 Å². The number of benzene rings is 2. The molecule has 20 heavy (non-hydrogen) atoms. The Balaban J connectivity index is 2.09. The SMILES string of the molecule is Cc1ccc(COC(=O)c2ccccc2[N+](=O)[O-])cc1. The highest BCUT2D eigenvalue weighted by atomic mass is 16.6.